The lowest BCUT2D eigenvalue weighted by molar-refractivity contribution is -0.126. The van der Waals surface area contributed by atoms with E-state index in [1.807, 2.05) is 11.0 Å². The van der Waals surface area contributed by atoms with Gasteiger partial charge in [0.25, 0.3) is 0 Å². The van der Waals surface area contributed by atoms with Crippen molar-refractivity contribution < 1.29 is 23.0 Å². The minimum Gasteiger partial charge on any atom is -0.467 e. The molecule has 2 fully saturated rings. The average Bonchev–Trinajstić information content (AvgIpc) is 3.03. The summed E-state index contributed by atoms with van der Waals surface area (Å²) in [6.07, 6.45) is 5.04. The highest BCUT2D eigenvalue weighted by Gasteiger charge is 2.26. The standard InChI is InChI=1S/C30H29ClF2N6O3/c1-41-30-35-28-21(18-34-27(26(28)33)20-5-2-4-19-7-8-22(32)25(31)24(19)20)29(36-30)39-12-10-38(11-13-39)23(40)6-3-9-37-14-16-42-17-15-37/h2-8,18H,9-17H2,1H3/b6-3+. The number of carbonyl (C=O) groups is 1. The van der Waals surface area contributed by atoms with Gasteiger partial charge in [-0.2, -0.15) is 9.97 Å². The Kier molecular flexibility index (Phi) is 8.14. The number of hydrogen-bond acceptors (Lipinski definition) is 8. The largest absolute Gasteiger partial charge is 0.467 e. The molecule has 0 spiro atoms. The minimum absolute atomic E-state index is 0.0000913. The van der Waals surface area contributed by atoms with Gasteiger partial charge in [-0.3, -0.25) is 14.7 Å². The zero-order chi connectivity index (χ0) is 29.2. The zero-order valence-electron chi connectivity index (χ0n) is 23.0. The number of carbonyl (C=O) groups excluding carboxylic acids is 1. The normalized spacial score (nSPS) is 16.6. The number of amides is 1. The maximum atomic E-state index is 16.2. The number of aromatic nitrogens is 3. The van der Waals surface area contributed by atoms with Crippen molar-refractivity contribution >= 4 is 45.0 Å². The number of hydrogen-bond donors (Lipinski definition) is 0. The smallest absolute Gasteiger partial charge is 0.318 e. The molecule has 2 aliphatic rings. The van der Waals surface area contributed by atoms with Crippen molar-refractivity contribution in [2.45, 2.75) is 0 Å². The Morgan fingerprint density at radius 2 is 1.86 bits per heavy atom. The van der Waals surface area contributed by atoms with Crippen LogP contribution in [0, 0.1) is 11.6 Å². The van der Waals surface area contributed by atoms with Gasteiger partial charge in [-0.1, -0.05) is 41.9 Å². The summed E-state index contributed by atoms with van der Waals surface area (Å²) in [4.78, 5) is 32.0. The van der Waals surface area contributed by atoms with E-state index in [1.54, 1.807) is 35.2 Å². The lowest BCUT2D eigenvalue weighted by atomic mass is 10.0. The highest BCUT2D eigenvalue weighted by atomic mass is 35.5. The first-order valence-corrected chi connectivity index (χ1v) is 14.1. The van der Waals surface area contributed by atoms with Crippen LogP contribution in [0.5, 0.6) is 6.01 Å². The molecule has 0 N–H and O–H groups in total. The van der Waals surface area contributed by atoms with Gasteiger partial charge in [0.1, 0.15) is 22.8 Å². The first-order chi connectivity index (χ1) is 20.4. The molecule has 1 amide bonds. The molecule has 2 aromatic carbocycles. The molecule has 6 rings (SSSR count). The maximum Gasteiger partial charge on any atom is 0.318 e. The van der Waals surface area contributed by atoms with Crippen LogP contribution >= 0.6 is 11.6 Å². The molecule has 0 atom stereocenters. The summed E-state index contributed by atoms with van der Waals surface area (Å²) in [5.74, 6) is -0.877. The predicted molar refractivity (Wildman–Crippen MR) is 157 cm³/mol. The monoisotopic (exact) mass is 594 g/mol. The van der Waals surface area contributed by atoms with Gasteiger partial charge < -0.3 is 19.3 Å². The first kappa shape index (κ1) is 28.2. The third-order valence-corrected chi connectivity index (χ3v) is 8.00. The number of fused-ring (bicyclic) bond motifs is 2. The quantitative estimate of drug-likeness (QED) is 0.305. The van der Waals surface area contributed by atoms with Gasteiger partial charge >= 0.3 is 6.01 Å². The number of nitrogens with zero attached hydrogens (tertiary/aromatic N) is 6. The van der Waals surface area contributed by atoms with Gasteiger partial charge in [0.2, 0.25) is 5.91 Å². The molecule has 12 heteroatoms. The second kappa shape index (κ2) is 12.1. The van der Waals surface area contributed by atoms with Gasteiger partial charge in [0.05, 0.1) is 30.7 Å². The van der Waals surface area contributed by atoms with Crippen LogP contribution in [0.3, 0.4) is 0 Å². The molecular formula is C30H29ClF2N6O3. The molecular weight excluding hydrogens is 566 g/mol. The number of benzene rings is 2. The number of rotatable bonds is 6. The number of pyridine rings is 1. The van der Waals surface area contributed by atoms with Crippen LogP contribution in [0.4, 0.5) is 14.6 Å². The Morgan fingerprint density at radius 1 is 1.07 bits per heavy atom. The van der Waals surface area contributed by atoms with Gasteiger partial charge in [0.15, 0.2) is 5.82 Å². The molecule has 42 heavy (non-hydrogen) atoms. The Balaban J connectivity index is 1.26. The molecule has 2 aromatic heterocycles. The Labute approximate surface area is 246 Å². The van der Waals surface area contributed by atoms with E-state index in [-0.39, 0.29) is 28.2 Å². The Hall–Kier alpha value is -3.93. The van der Waals surface area contributed by atoms with E-state index in [2.05, 4.69) is 19.9 Å². The van der Waals surface area contributed by atoms with Crippen molar-refractivity contribution in [2.75, 3.05) is 71.0 Å². The summed E-state index contributed by atoms with van der Waals surface area (Å²) in [6.45, 7) is 5.78. The van der Waals surface area contributed by atoms with Gasteiger partial charge in [0, 0.05) is 69.0 Å². The van der Waals surface area contributed by atoms with Crippen LogP contribution in [0.1, 0.15) is 0 Å². The number of halogens is 3. The number of anilines is 1. The van der Waals surface area contributed by atoms with E-state index in [4.69, 9.17) is 21.1 Å². The fraction of sp³-hybridized carbons (Fsp3) is 0.333. The van der Waals surface area contributed by atoms with Crippen LogP contribution in [-0.4, -0.2) is 96.8 Å². The molecule has 2 saturated heterocycles. The SMILES string of the molecule is COc1nc(N2CCN(C(=O)/C=C/CN3CCOCC3)CC2)c2cnc(-c3cccc4ccc(F)c(Cl)c34)c(F)c2n1. The third-order valence-electron chi connectivity index (χ3n) is 7.63. The van der Waals surface area contributed by atoms with E-state index in [9.17, 15) is 9.18 Å². The van der Waals surface area contributed by atoms with Gasteiger partial charge in [-0.05, 0) is 11.5 Å². The third kappa shape index (κ3) is 5.47. The summed E-state index contributed by atoms with van der Waals surface area (Å²) in [6, 6.07) is 8.03. The fourth-order valence-corrected chi connectivity index (χ4v) is 5.65. The number of methoxy groups -OCH3 is 1. The van der Waals surface area contributed by atoms with Crippen molar-refractivity contribution in [1.82, 2.24) is 24.8 Å². The van der Waals surface area contributed by atoms with Crippen molar-refractivity contribution in [3.05, 3.63) is 65.3 Å². The lowest BCUT2D eigenvalue weighted by Gasteiger charge is -2.35. The average molecular weight is 595 g/mol. The highest BCUT2D eigenvalue weighted by Crippen LogP contribution is 2.38. The summed E-state index contributed by atoms with van der Waals surface area (Å²) >= 11 is 6.31. The number of piperazine rings is 1. The predicted octanol–water partition coefficient (Wildman–Crippen LogP) is 4.32. The van der Waals surface area contributed by atoms with E-state index in [1.165, 1.54) is 19.4 Å². The van der Waals surface area contributed by atoms with Crippen LogP contribution in [0.2, 0.25) is 5.02 Å². The van der Waals surface area contributed by atoms with Crippen molar-refractivity contribution in [1.29, 1.82) is 0 Å². The molecule has 2 aliphatic heterocycles. The maximum absolute atomic E-state index is 16.2. The van der Waals surface area contributed by atoms with Gasteiger partial charge in [-0.25, -0.2) is 8.78 Å². The zero-order valence-corrected chi connectivity index (χ0v) is 23.8. The summed E-state index contributed by atoms with van der Waals surface area (Å²) in [5.41, 5.74) is 0.367. The van der Waals surface area contributed by atoms with Crippen LogP contribution in [-0.2, 0) is 9.53 Å². The lowest BCUT2D eigenvalue weighted by Crippen LogP contribution is -2.48. The summed E-state index contributed by atoms with van der Waals surface area (Å²) in [5, 5.41) is 1.32. The van der Waals surface area contributed by atoms with Gasteiger partial charge in [-0.15, -0.1) is 0 Å². The molecule has 0 saturated carbocycles. The second-order valence-electron chi connectivity index (χ2n) is 10.1. The van der Waals surface area contributed by atoms with E-state index < -0.39 is 11.6 Å². The summed E-state index contributed by atoms with van der Waals surface area (Å²) in [7, 11) is 1.41. The molecule has 0 radical (unpaired) electrons. The molecule has 0 unspecified atom stereocenters. The topological polar surface area (TPSA) is 83.9 Å². The van der Waals surface area contributed by atoms with E-state index >= 15 is 4.39 Å². The van der Waals surface area contributed by atoms with Crippen LogP contribution in [0.25, 0.3) is 32.9 Å². The van der Waals surface area contributed by atoms with Crippen LogP contribution in [0.15, 0.2) is 48.7 Å². The molecule has 0 bridgehead atoms. The molecule has 9 nitrogen and oxygen atoms in total. The van der Waals surface area contributed by atoms with E-state index in [0.29, 0.717) is 73.5 Å². The molecule has 4 aromatic rings. The van der Waals surface area contributed by atoms with Crippen molar-refractivity contribution in [3.63, 3.8) is 0 Å². The summed E-state index contributed by atoms with van der Waals surface area (Å²) < 4.78 is 41.2. The second-order valence-corrected chi connectivity index (χ2v) is 10.5. The van der Waals surface area contributed by atoms with Crippen molar-refractivity contribution in [2.24, 2.45) is 0 Å². The number of ether oxygens (including phenoxy) is 2. The number of morpholine rings is 1. The first-order valence-electron chi connectivity index (χ1n) is 13.7. The highest BCUT2D eigenvalue weighted by molar-refractivity contribution is 6.36. The van der Waals surface area contributed by atoms with Crippen molar-refractivity contribution in [3.8, 4) is 17.3 Å². The Morgan fingerprint density at radius 3 is 2.62 bits per heavy atom. The molecule has 4 heterocycles. The molecule has 0 aliphatic carbocycles. The minimum atomic E-state index is -0.693. The molecule has 218 valence electrons. The van der Waals surface area contributed by atoms with E-state index in [0.717, 1.165) is 13.1 Å². The van der Waals surface area contributed by atoms with Crippen LogP contribution < -0.4 is 9.64 Å². The fourth-order valence-electron chi connectivity index (χ4n) is 5.38. The Bertz CT molecular complexity index is 1670.